The molecule has 1 saturated heterocycles. The van der Waals surface area contributed by atoms with Crippen molar-refractivity contribution < 1.29 is 13.5 Å². The number of hydrogen-bond acceptors (Lipinski definition) is 6. The van der Waals surface area contributed by atoms with E-state index in [4.69, 9.17) is 5.11 Å². The molecule has 0 saturated carbocycles. The summed E-state index contributed by atoms with van der Waals surface area (Å²) in [7, 11) is -3.42. The fraction of sp³-hybridized carbons (Fsp3) is 0.636. The molecule has 2 heterocycles. The fourth-order valence-corrected chi connectivity index (χ4v) is 5.08. The number of aliphatic hydroxyl groups excluding tert-OH is 1. The van der Waals surface area contributed by atoms with Crippen LogP contribution in [-0.4, -0.2) is 56.1 Å². The van der Waals surface area contributed by atoms with Gasteiger partial charge in [-0.2, -0.15) is 11.8 Å². The molecule has 1 aliphatic rings. The third kappa shape index (κ3) is 4.44. The van der Waals surface area contributed by atoms with Crippen LogP contribution in [0.25, 0.3) is 0 Å². The van der Waals surface area contributed by atoms with E-state index in [9.17, 15) is 8.42 Å². The predicted molar refractivity (Wildman–Crippen MR) is 79.2 cm³/mol. The molecule has 108 valence electrons. The third-order valence-electron chi connectivity index (χ3n) is 2.88. The second-order valence-electron chi connectivity index (χ2n) is 4.23. The third-order valence-corrected chi connectivity index (χ3v) is 6.85. The molecule has 1 fully saturated rings. The van der Waals surface area contributed by atoms with Gasteiger partial charge in [0.1, 0.15) is 4.21 Å². The molecular formula is C11H18N2O3S3. The van der Waals surface area contributed by atoms with Gasteiger partial charge in [0.15, 0.2) is 0 Å². The second-order valence-corrected chi connectivity index (χ2v) is 8.62. The molecule has 0 bridgehead atoms. The standard InChI is InChI=1S/C11H18N2O3S3/c14-9-10-1-2-11(18-10)19(15,16)12-3-4-13-5-7-17-8-6-13/h1-2,12,14H,3-9H2. The van der Waals surface area contributed by atoms with E-state index >= 15 is 0 Å². The molecule has 8 heteroatoms. The van der Waals surface area contributed by atoms with E-state index in [0.717, 1.165) is 42.5 Å². The summed E-state index contributed by atoms with van der Waals surface area (Å²) >= 11 is 3.05. The molecule has 0 unspecified atom stereocenters. The summed E-state index contributed by atoms with van der Waals surface area (Å²) in [6, 6.07) is 3.18. The maximum atomic E-state index is 12.0. The van der Waals surface area contributed by atoms with Crippen LogP contribution >= 0.6 is 23.1 Å². The minimum absolute atomic E-state index is 0.119. The van der Waals surface area contributed by atoms with Gasteiger partial charge >= 0.3 is 0 Å². The number of sulfonamides is 1. The lowest BCUT2D eigenvalue weighted by atomic mass is 10.5. The van der Waals surface area contributed by atoms with Crippen LogP contribution in [0.4, 0.5) is 0 Å². The van der Waals surface area contributed by atoms with Gasteiger partial charge in [0.2, 0.25) is 10.0 Å². The average Bonchev–Trinajstić information content (AvgIpc) is 2.89. The van der Waals surface area contributed by atoms with E-state index in [-0.39, 0.29) is 10.8 Å². The first-order valence-corrected chi connectivity index (χ1v) is 9.56. The zero-order chi connectivity index (χ0) is 13.7. The number of thioether (sulfide) groups is 1. The number of rotatable bonds is 6. The Hall–Kier alpha value is -0.120. The molecule has 0 aliphatic carbocycles. The first-order chi connectivity index (χ1) is 9.12. The van der Waals surface area contributed by atoms with Crippen molar-refractivity contribution in [3.05, 3.63) is 17.0 Å². The Kier molecular flexibility index (Phi) is 5.67. The van der Waals surface area contributed by atoms with Gasteiger partial charge in [0.05, 0.1) is 6.61 Å². The van der Waals surface area contributed by atoms with Gasteiger partial charge in [-0.25, -0.2) is 13.1 Å². The number of hydrogen-bond donors (Lipinski definition) is 2. The van der Waals surface area contributed by atoms with Crippen molar-refractivity contribution in [3.8, 4) is 0 Å². The highest BCUT2D eigenvalue weighted by molar-refractivity contribution is 7.99. The molecule has 0 amide bonds. The van der Waals surface area contributed by atoms with Crippen molar-refractivity contribution >= 4 is 33.1 Å². The van der Waals surface area contributed by atoms with Crippen LogP contribution in [0.5, 0.6) is 0 Å². The molecule has 19 heavy (non-hydrogen) atoms. The van der Waals surface area contributed by atoms with E-state index < -0.39 is 10.0 Å². The van der Waals surface area contributed by atoms with Crippen LogP contribution in [-0.2, 0) is 16.6 Å². The molecule has 1 aromatic heterocycles. The van der Waals surface area contributed by atoms with Gasteiger partial charge in [-0.15, -0.1) is 11.3 Å². The Morgan fingerprint density at radius 3 is 2.68 bits per heavy atom. The Balaban J connectivity index is 1.83. The summed E-state index contributed by atoms with van der Waals surface area (Å²) in [5, 5.41) is 8.95. The number of thiophene rings is 1. The molecule has 0 spiro atoms. The second kappa shape index (κ2) is 7.05. The zero-order valence-electron chi connectivity index (χ0n) is 10.5. The largest absolute Gasteiger partial charge is 0.391 e. The van der Waals surface area contributed by atoms with Gasteiger partial charge in [-0.1, -0.05) is 0 Å². The SMILES string of the molecule is O=S(=O)(NCCN1CCSCC1)c1ccc(CO)s1. The Labute approximate surface area is 122 Å². The lowest BCUT2D eigenvalue weighted by Gasteiger charge is -2.25. The maximum Gasteiger partial charge on any atom is 0.250 e. The van der Waals surface area contributed by atoms with Crippen molar-refractivity contribution in [2.24, 2.45) is 0 Å². The summed E-state index contributed by atoms with van der Waals surface area (Å²) in [6.07, 6.45) is 0. The minimum atomic E-state index is -3.42. The van der Waals surface area contributed by atoms with E-state index in [1.165, 1.54) is 6.07 Å². The summed E-state index contributed by atoms with van der Waals surface area (Å²) in [6.45, 7) is 3.11. The van der Waals surface area contributed by atoms with E-state index in [1.807, 2.05) is 11.8 Å². The highest BCUT2D eigenvalue weighted by Crippen LogP contribution is 2.21. The van der Waals surface area contributed by atoms with Crippen LogP contribution in [0, 0.1) is 0 Å². The van der Waals surface area contributed by atoms with Gasteiger partial charge in [0.25, 0.3) is 0 Å². The Morgan fingerprint density at radius 1 is 1.32 bits per heavy atom. The van der Waals surface area contributed by atoms with Crippen LogP contribution in [0.2, 0.25) is 0 Å². The van der Waals surface area contributed by atoms with Crippen molar-refractivity contribution in [3.63, 3.8) is 0 Å². The number of aliphatic hydroxyl groups is 1. The lowest BCUT2D eigenvalue weighted by Crippen LogP contribution is -2.39. The van der Waals surface area contributed by atoms with Gasteiger partial charge < -0.3 is 10.0 Å². The van der Waals surface area contributed by atoms with E-state index in [1.54, 1.807) is 6.07 Å². The van der Waals surface area contributed by atoms with Crippen LogP contribution in [0.3, 0.4) is 0 Å². The predicted octanol–water partition coefficient (Wildman–Crippen LogP) is 0.567. The van der Waals surface area contributed by atoms with Gasteiger partial charge in [0, 0.05) is 42.6 Å². The number of nitrogens with zero attached hydrogens (tertiary/aromatic N) is 1. The van der Waals surface area contributed by atoms with Crippen LogP contribution < -0.4 is 4.72 Å². The van der Waals surface area contributed by atoms with Crippen LogP contribution in [0.1, 0.15) is 4.88 Å². The first kappa shape index (κ1) is 15.3. The zero-order valence-corrected chi connectivity index (χ0v) is 13.0. The van der Waals surface area contributed by atoms with Gasteiger partial charge in [-0.3, -0.25) is 0 Å². The first-order valence-electron chi connectivity index (χ1n) is 6.11. The van der Waals surface area contributed by atoms with E-state index in [2.05, 4.69) is 9.62 Å². The van der Waals surface area contributed by atoms with Crippen molar-refractivity contribution in [2.75, 3.05) is 37.7 Å². The molecule has 0 aromatic carbocycles. The molecule has 5 nitrogen and oxygen atoms in total. The summed E-state index contributed by atoms with van der Waals surface area (Å²) in [5.74, 6) is 2.25. The normalized spacial score (nSPS) is 17.7. The van der Waals surface area contributed by atoms with Crippen molar-refractivity contribution in [1.82, 2.24) is 9.62 Å². The quantitative estimate of drug-likeness (QED) is 0.801. The van der Waals surface area contributed by atoms with Crippen molar-refractivity contribution in [1.29, 1.82) is 0 Å². The monoisotopic (exact) mass is 322 g/mol. The molecule has 1 aliphatic heterocycles. The molecule has 0 atom stereocenters. The summed E-state index contributed by atoms with van der Waals surface area (Å²) in [4.78, 5) is 2.93. The molecule has 2 rings (SSSR count). The Bertz CT molecular complexity index is 495. The number of nitrogens with one attached hydrogen (secondary N) is 1. The summed E-state index contributed by atoms with van der Waals surface area (Å²) in [5.41, 5.74) is 0. The topological polar surface area (TPSA) is 69.6 Å². The highest BCUT2D eigenvalue weighted by atomic mass is 32.2. The molecular weight excluding hydrogens is 304 g/mol. The highest BCUT2D eigenvalue weighted by Gasteiger charge is 2.17. The summed E-state index contributed by atoms with van der Waals surface area (Å²) < 4.78 is 26.9. The lowest BCUT2D eigenvalue weighted by molar-refractivity contribution is 0.285. The smallest absolute Gasteiger partial charge is 0.250 e. The minimum Gasteiger partial charge on any atom is -0.391 e. The fourth-order valence-electron chi connectivity index (χ4n) is 1.82. The molecule has 0 radical (unpaired) electrons. The Morgan fingerprint density at radius 2 is 2.05 bits per heavy atom. The van der Waals surface area contributed by atoms with Gasteiger partial charge in [-0.05, 0) is 12.1 Å². The van der Waals surface area contributed by atoms with E-state index in [0.29, 0.717) is 11.4 Å². The maximum absolute atomic E-state index is 12.0. The molecule has 1 aromatic rings. The van der Waals surface area contributed by atoms with Crippen molar-refractivity contribution in [2.45, 2.75) is 10.8 Å². The average molecular weight is 322 g/mol. The van der Waals surface area contributed by atoms with Crippen LogP contribution in [0.15, 0.2) is 16.3 Å². The molecule has 2 N–H and O–H groups in total.